The summed E-state index contributed by atoms with van der Waals surface area (Å²) in [6.45, 7) is 6.16. The fourth-order valence-corrected chi connectivity index (χ4v) is 3.46. The molecule has 0 atom stereocenters. The van der Waals surface area contributed by atoms with E-state index < -0.39 is 28.5 Å². The van der Waals surface area contributed by atoms with Gasteiger partial charge in [-0.2, -0.15) is 0 Å². The van der Waals surface area contributed by atoms with Crippen LogP contribution in [0.5, 0.6) is 5.75 Å². The molecule has 0 bridgehead atoms. The highest BCUT2D eigenvalue weighted by molar-refractivity contribution is 6.30. The zero-order chi connectivity index (χ0) is 25.9. The monoisotopic (exact) mass is 503 g/mol. The number of hydrogen-bond acceptors (Lipinski definition) is 5. The van der Waals surface area contributed by atoms with Gasteiger partial charge in [-0.15, -0.1) is 0 Å². The first-order valence-corrected chi connectivity index (χ1v) is 11.3. The molecular formula is C25H27ClFN3O5. The highest BCUT2D eigenvalue weighted by atomic mass is 35.5. The molecule has 2 N–H and O–H groups in total. The number of nitrogens with one attached hydrogen (secondary N) is 1. The molecule has 2 aromatic carbocycles. The number of nitrogens with zero attached hydrogens (tertiary/aromatic N) is 2. The van der Waals surface area contributed by atoms with Gasteiger partial charge in [0.1, 0.15) is 5.82 Å². The molecule has 8 nitrogen and oxygen atoms in total. The second-order valence-corrected chi connectivity index (χ2v) is 9.51. The minimum absolute atomic E-state index is 0.0587. The average Bonchev–Trinajstić information content (AvgIpc) is 2.77. The van der Waals surface area contributed by atoms with Gasteiger partial charge in [0.15, 0.2) is 11.6 Å². The molecule has 0 aliphatic rings. The van der Waals surface area contributed by atoms with Gasteiger partial charge in [0.05, 0.1) is 18.1 Å². The summed E-state index contributed by atoms with van der Waals surface area (Å²) < 4.78 is 22.1. The van der Waals surface area contributed by atoms with Crippen LogP contribution >= 0.6 is 11.6 Å². The number of rotatable bonds is 9. The summed E-state index contributed by atoms with van der Waals surface area (Å²) >= 11 is 5.96. The summed E-state index contributed by atoms with van der Waals surface area (Å²) in [5.74, 6) is -1.55. The quantitative estimate of drug-likeness (QED) is 0.446. The number of ether oxygens (including phenoxy) is 1. The highest BCUT2D eigenvalue weighted by Gasteiger charge is 2.29. The van der Waals surface area contributed by atoms with E-state index in [0.29, 0.717) is 16.3 Å². The fourth-order valence-electron chi connectivity index (χ4n) is 3.33. The van der Waals surface area contributed by atoms with Crippen LogP contribution in [0.25, 0.3) is 0 Å². The van der Waals surface area contributed by atoms with Gasteiger partial charge in [0.2, 0.25) is 0 Å². The maximum Gasteiger partial charge on any atom is 0.332 e. The molecule has 1 heterocycles. The number of carboxylic acid groups (broad SMARTS) is 1. The number of hydrogen-bond donors (Lipinski definition) is 2. The summed E-state index contributed by atoms with van der Waals surface area (Å²) in [4.78, 5) is 37.8. The summed E-state index contributed by atoms with van der Waals surface area (Å²) in [6, 6.07) is 12.2. The van der Waals surface area contributed by atoms with Gasteiger partial charge in [0, 0.05) is 29.4 Å². The average molecular weight is 504 g/mol. The smallest absolute Gasteiger partial charge is 0.332 e. The molecular weight excluding hydrogens is 477 g/mol. The predicted molar refractivity (Wildman–Crippen MR) is 132 cm³/mol. The highest BCUT2D eigenvalue weighted by Crippen LogP contribution is 2.25. The van der Waals surface area contributed by atoms with Crippen LogP contribution in [0.2, 0.25) is 5.02 Å². The van der Waals surface area contributed by atoms with Crippen molar-refractivity contribution < 1.29 is 19.0 Å². The first-order chi connectivity index (χ1) is 16.4. The Balaban J connectivity index is 2.08. The third-order valence-electron chi connectivity index (χ3n) is 5.23. The standard InChI is InChI=1S/C25H27ClFN3O5/c1-15(2)35-20-10-9-18(11-19(20)27)28-21-12-22(31)30(14-25(3,4)23(32)33)24(34)29(21)13-16-5-7-17(26)8-6-16/h5-12,15,28H,13-14H2,1-4H3,(H,32,33). The Morgan fingerprint density at radius 2 is 1.77 bits per heavy atom. The predicted octanol–water partition coefficient (Wildman–Crippen LogP) is 4.49. The van der Waals surface area contributed by atoms with Crippen molar-refractivity contribution in [3.05, 3.63) is 85.8 Å². The van der Waals surface area contributed by atoms with Crippen LogP contribution in [0.4, 0.5) is 15.9 Å². The van der Waals surface area contributed by atoms with Crippen molar-refractivity contribution >= 4 is 29.1 Å². The number of halogens is 2. The first-order valence-electron chi connectivity index (χ1n) is 10.9. The van der Waals surface area contributed by atoms with E-state index in [1.807, 2.05) is 0 Å². The van der Waals surface area contributed by atoms with Gasteiger partial charge < -0.3 is 15.2 Å². The van der Waals surface area contributed by atoms with Gasteiger partial charge >= 0.3 is 11.7 Å². The summed E-state index contributed by atoms with van der Waals surface area (Å²) in [6.07, 6.45) is -0.212. The van der Waals surface area contributed by atoms with Gasteiger partial charge in [-0.1, -0.05) is 23.7 Å². The zero-order valence-corrected chi connectivity index (χ0v) is 20.6. The second-order valence-electron chi connectivity index (χ2n) is 9.07. The van der Waals surface area contributed by atoms with E-state index in [-0.39, 0.29) is 30.8 Å². The molecule has 0 saturated heterocycles. The first kappa shape index (κ1) is 26.0. The Hall–Kier alpha value is -3.59. The number of anilines is 2. The van der Waals surface area contributed by atoms with Crippen LogP contribution in [0.15, 0.2) is 58.1 Å². The Bertz CT molecular complexity index is 1350. The number of aromatic nitrogens is 2. The molecule has 0 spiro atoms. The molecule has 1 aromatic heterocycles. The SMILES string of the molecule is CC(C)Oc1ccc(Nc2cc(=O)n(CC(C)(C)C(=O)O)c(=O)n2Cc2ccc(Cl)cc2)cc1F. The molecule has 0 unspecified atom stereocenters. The zero-order valence-electron chi connectivity index (χ0n) is 19.8. The van der Waals surface area contributed by atoms with Crippen molar-refractivity contribution in [2.45, 2.75) is 46.9 Å². The molecule has 0 aliphatic carbocycles. The van der Waals surface area contributed by atoms with Crippen LogP contribution in [-0.2, 0) is 17.9 Å². The van der Waals surface area contributed by atoms with E-state index in [1.54, 1.807) is 44.2 Å². The molecule has 186 valence electrons. The van der Waals surface area contributed by atoms with Crippen molar-refractivity contribution in [1.29, 1.82) is 0 Å². The number of benzene rings is 2. The lowest BCUT2D eigenvalue weighted by atomic mass is 9.94. The molecule has 0 aliphatic heterocycles. The summed E-state index contributed by atoms with van der Waals surface area (Å²) in [7, 11) is 0. The van der Waals surface area contributed by atoms with Crippen LogP contribution in [-0.4, -0.2) is 26.3 Å². The Morgan fingerprint density at radius 1 is 1.11 bits per heavy atom. The Morgan fingerprint density at radius 3 is 2.34 bits per heavy atom. The molecule has 0 fully saturated rings. The van der Waals surface area contributed by atoms with Crippen molar-refractivity contribution in [2.24, 2.45) is 5.41 Å². The molecule has 10 heteroatoms. The summed E-state index contributed by atoms with van der Waals surface area (Å²) in [5.41, 5.74) is -1.73. The fraction of sp³-hybridized carbons (Fsp3) is 0.320. The van der Waals surface area contributed by atoms with Gasteiger partial charge in [-0.05, 0) is 57.5 Å². The van der Waals surface area contributed by atoms with E-state index in [9.17, 15) is 23.9 Å². The lowest BCUT2D eigenvalue weighted by molar-refractivity contribution is -0.147. The van der Waals surface area contributed by atoms with E-state index in [2.05, 4.69) is 5.32 Å². The van der Waals surface area contributed by atoms with Gasteiger partial charge in [-0.25, -0.2) is 9.18 Å². The largest absolute Gasteiger partial charge is 0.488 e. The Labute approximate surface area is 206 Å². The maximum absolute atomic E-state index is 14.5. The molecule has 3 aromatic rings. The molecule has 0 radical (unpaired) electrons. The van der Waals surface area contributed by atoms with Gasteiger partial charge in [-0.3, -0.25) is 18.7 Å². The minimum Gasteiger partial charge on any atom is -0.488 e. The van der Waals surface area contributed by atoms with Crippen LogP contribution in [0, 0.1) is 11.2 Å². The lowest BCUT2D eigenvalue weighted by Crippen LogP contribution is -2.45. The molecule has 3 rings (SSSR count). The molecule has 35 heavy (non-hydrogen) atoms. The van der Waals surface area contributed by atoms with E-state index in [4.69, 9.17) is 16.3 Å². The maximum atomic E-state index is 14.5. The molecule has 0 saturated carbocycles. The van der Waals surface area contributed by atoms with E-state index in [0.717, 1.165) is 4.57 Å². The van der Waals surface area contributed by atoms with Crippen LogP contribution in [0.3, 0.4) is 0 Å². The Kier molecular flexibility index (Phi) is 7.70. The third-order valence-corrected chi connectivity index (χ3v) is 5.48. The number of aliphatic carboxylic acids is 1. The van der Waals surface area contributed by atoms with Gasteiger partial charge in [0.25, 0.3) is 5.56 Å². The van der Waals surface area contributed by atoms with Crippen molar-refractivity contribution in [3.8, 4) is 5.75 Å². The van der Waals surface area contributed by atoms with Crippen molar-refractivity contribution in [1.82, 2.24) is 9.13 Å². The van der Waals surface area contributed by atoms with Crippen molar-refractivity contribution in [3.63, 3.8) is 0 Å². The number of carbonyl (C=O) groups is 1. The summed E-state index contributed by atoms with van der Waals surface area (Å²) in [5, 5.41) is 12.9. The van der Waals surface area contributed by atoms with E-state index >= 15 is 0 Å². The number of carboxylic acids is 1. The third kappa shape index (κ3) is 6.30. The van der Waals surface area contributed by atoms with Crippen molar-refractivity contribution in [2.75, 3.05) is 5.32 Å². The minimum atomic E-state index is -1.36. The van der Waals surface area contributed by atoms with E-state index in [1.165, 1.54) is 36.6 Å². The topological polar surface area (TPSA) is 103 Å². The normalized spacial score (nSPS) is 11.5. The van der Waals surface area contributed by atoms with Crippen LogP contribution in [0.1, 0.15) is 33.3 Å². The van der Waals surface area contributed by atoms with Crippen LogP contribution < -0.4 is 21.3 Å². The lowest BCUT2D eigenvalue weighted by Gasteiger charge is -2.22. The second kappa shape index (κ2) is 10.4. The molecule has 0 amide bonds.